The molecule has 4 nitrogen and oxygen atoms in total. The molecule has 0 fully saturated rings. The quantitative estimate of drug-likeness (QED) is 0.433. The van der Waals surface area contributed by atoms with Crippen LogP contribution in [0.3, 0.4) is 0 Å². The van der Waals surface area contributed by atoms with Crippen LogP contribution in [0.4, 0.5) is 0 Å². The molecule has 6 heteroatoms. The summed E-state index contributed by atoms with van der Waals surface area (Å²) in [5.41, 5.74) is 0. The minimum atomic E-state index is -3.04. The zero-order valence-electron chi connectivity index (χ0n) is 4.83. The molecule has 0 saturated carbocycles. The standard InChI is InChI=1S/C2H7O4P.Al.2H/c1-6-7(4,5)2-3;;;/h3H,2H2,1H3,(H,4,5);;;/q;+1;;/p-1. The van der Waals surface area contributed by atoms with Crippen LogP contribution in [-0.4, -0.2) is 35.2 Å². The molecule has 1 atom stereocenters. The molecule has 0 spiro atoms. The molecule has 0 aromatic rings. The maximum atomic E-state index is 10.7. The average molecular weight is 154 g/mol. The van der Waals surface area contributed by atoms with Crippen molar-refractivity contribution in [3.63, 3.8) is 0 Å². The first kappa shape index (κ1) is 8.64. The summed E-state index contributed by atoms with van der Waals surface area (Å²) < 4.78 is 19.5. The summed E-state index contributed by atoms with van der Waals surface area (Å²) in [7, 11) is -1.80. The summed E-state index contributed by atoms with van der Waals surface area (Å²) in [5.74, 6) is 0. The molecule has 0 saturated heterocycles. The van der Waals surface area contributed by atoms with E-state index in [0.29, 0.717) is 16.6 Å². The van der Waals surface area contributed by atoms with Crippen LogP contribution in [-0.2, 0) is 12.7 Å². The van der Waals surface area contributed by atoms with Gasteiger partial charge in [0.2, 0.25) is 0 Å². The zero-order chi connectivity index (χ0) is 6.62. The van der Waals surface area contributed by atoms with Gasteiger partial charge >= 0.3 is 24.2 Å². The third kappa shape index (κ3) is 2.27. The first-order chi connectivity index (χ1) is 3.68. The van der Waals surface area contributed by atoms with Crippen LogP contribution >= 0.6 is 7.60 Å². The SMILES string of the molecule is COP(=O)(CO)[O][AlH2]. The lowest BCUT2D eigenvalue weighted by atomic mass is 11.7. The van der Waals surface area contributed by atoms with E-state index in [1.54, 1.807) is 0 Å². The highest BCUT2D eigenvalue weighted by molar-refractivity contribution is 7.54. The number of hydrogen-bond donors (Lipinski definition) is 1. The minimum absolute atomic E-state index is 0.318. The van der Waals surface area contributed by atoms with Crippen molar-refractivity contribution < 1.29 is 17.8 Å². The number of aliphatic hydroxyl groups is 1. The van der Waals surface area contributed by atoms with Crippen LogP contribution in [0.2, 0.25) is 0 Å². The van der Waals surface area contributed by atoms with Gasteiger partial charge in [-0.3, -0.25) is 4.57 Å². The number of aliphatic hydroxyl groups excluding tert-OH is 1. The van der Waals surface area contributed by atoms with Crippen molar-refractivity contribution in [2.24, 2.45) is 0 Å². The van der Waals surface area contributed by atoms with Crippen LogP contribution in [0.15, 0.2) is 0 Å². The van der Waals surface area contributed by atoms with E-state index >= 15 is 0 Å². The van der Waals surface area contributed by atoms with Gasteiger partial charge in [0.1, 0.15) is 6.35 Å². The summed E-state index contributed by atoms with van der Waals surface area (Å²) in [4.78, 5) is 0. The van der Waals surface area contributed by atoms with Gasteiger partial charge in [0, 0.05) is 7.11 Å². The molecule has 0 rings (SSSR count). The van der Waals surface area contributed by atoms with Gasteiger partial charge in [0.15, 0.2) is 0 Å². The third-order valence-electron chi connectivity index (χ3n) is 0.730. The predicted octanol–water partition coefficient (Wildman–Crippen LogP) is -0.660. The van der Waals surface area contributed by atoms with E-state index in [-0.39, 0.29) is 0 Å². The molecule has 8 heavy (non-hydrogen) atoms. The Morgan fingerprint density at radius 2 is 2.38 bits per heavy atom. The maximum Gasteiger partial charge on any atom is 0.423 e. The third-order valence-corrected chi connectivity index (χ3v) is 3.86. The Morgan fingerprint density at radius 3 is 2.38 bits per heavy atom. The van der Waals surface area contributed by atoms with Crippen molar-refractivity contribution in [3.8, 4) is 0 Å². The minimum Gasteiger partial charge on any atom is -0.441 e. The summed E-state index contributed by atoms with van der Waals surface area (Å²) in [6.07, 6.45) is -0.535. The van der Waals surface area contributed by atoms with Crippen molar-refractivity contribution in [1.29, 1.82) is 0 Å². The van der Waals surface area contributed by atoms with Crippen molar-refractivity contribution in [2.75, 3.05) is 13.5 Å². The Labute approximate surface area is 56.1 Å². The van der Waals surface area contributed by atoms with E-state index in [1.807, 2.05) is 0 Å². The van der Waals surface area contributed by atoms with Gasteiger partial charge in [0.05, 0.1) is 0 Å². The van der Waals surface area contributed by atoms with E-state index < -0.39 is 13.9 Å². The maximum absolute atomic E-state index is 10.7. The van der Waals surface area contributed by atoms with Crippen LogP contribution in [0.5, 0.6) is 0 Å². The Hall–Kier alpha value is 0.642. The molecule has 0 aromatic heterocycles. The first-order valence-corrected chi connectivity index (χ1v) is 4.54. The fraction of sp³-hybridized carbons (Fsp3) is 1.00. The normalized spacial score (nSPS) is 17.8. The van der Waals surface area contributed by atoms with Crippen LogP contribution in [0, 0.1) is 0 Å². The Balaban J connectivity index is 3.79. The second-order valence-electron chi connectivity index (χ2n) is 1.12. The summed E-state index contributed by atoms with van der Waals surface area (Å²) >= 11 is 0.318. The molecular formula is C2H8AlO4P. The smallest absolute Gasteiger partial charge is 0.423 e. The lowest BCUT2D eigenvalue weighted by Crippen LogP contribution is -1.92. The van der Waals surface area contributed by atoms with Crippen LogP contribution < -0.4 is 0 Å². The van der Waals surface area contributed by atoms with E-state index in [1.165, 1.54) is 7.11 Å². The van der Waals surface area contributed by atoms with Crippen LogP contribution in [0.1, 0.15) is 0 Å². The zero-order valence-corrected chi connectivity index (χ0v) is 7.72. The predicted molar refractivity (Wildman–Crippen MR) is 31.3 cm³/mol. The second-order valence-corrected chi connectivity index (χ2v) is 4.45. The van der Waals surface area contributed by atoms with E-state index in [4.69, 9.17) is 5.11 Å². The molecule has 0 aromatic carbocycles. The number of hydrogen-bond acceptors (Lipinski definition) is 4. The van der Waals surface area contributed by atoms with E-state index in [9.17, 15) is 4.57 Å². The molecule has 0 amide bonds. The fourth-order valence-corrected chi connectivity index (χ4v) is 1.36. The van der Waals surface area contributed by atoms with E-state index in [0.717, 1.165) is 0 Å². The van der Waals surface area contributed by atoms with Crippen molar-refractivity contribution in [3.05, 3.63) is 0 Å². The molecule has 0 bridgehead atoms. The van der Waals surface area contributed by atoms with Gasteiger partial charge in [-0.2, -0.15) is 0 Å². The largest absolute Gasteiger partial charge is 0.441 e. The Kier molecular flexibility index (Phi) is 3.92. The Morgan fingerprint density at radius 1 is 1.88 bits per heavy atom. The molecule has 1 unspecified atom stereocenters. The lowest BCUT2D eigenvalue weighted by Gasteiger charge is -2.10. The highest BCUT2D eigenvalue weighted by atomic mass is 31.2. The molecule has 1 N–H and O–H groups in total. The van der Waals surface area contributed by atoms with Gasteiger partial charge in [-0.15, -0.1) is 0 Å². The Bertz CT molecular complexity index is 85.2. The van der Waals surface area contributed by atoms with E-state index in [2.05, 4.69) is 8.10 Å². The molecule has 0 aliphatic carbocycles. The molecule has 0 aliphatic heterocycles. The molecular weight excluding hydrogens is 146 g/mol. The second kappa shape index (κ2) is 3.63. The van der Waals surface area contributed by atoms with Crippen LogP contribution in [0.25, 0.3) is 0 Å². The first-order valence-electron chi connectivity index (χ1n) is 2.00. The summed E-state index contributed by atoms with van der Waals surface area (Å²) in [5, 5.41) is 8.29. The monoisotopic (exact) mass is 154 g/mol. The number of rotatable bonds is 3. The molecule has 0 aliphatic rings. The van der Waals surface area contributed by atoms with Gasteiger partial charge in [-0.25, -0.2) is 0 Å². The highest BCUT2D eigenvalue weighted by Crippen LogP contribution is 2.44. The average Bonchev–Trinajstić information content (AvgIpc) is 1.87. The highest BCUT2D eigenvalue weighted by Gasteiger charge is 2.16. The summed E-state index contributed by atoms with van der Waals surface area (Å²) in [6, 6.07) is 0. The van der Waals surface area contributed by atoms with Crippen molar-refractivity contribution >= 4 is 24.2 Å². The summed E-state index contributed by atoms with van der Waals surface area (Å²) in [6.45, 7) is 0. The van der Waals surface area contributed by atoms with Gasteiger partial charge in [-0.1, -0.05) is 0 Å². The van der Waals surface area contributed by atoms with Gasteiger partial charge < -0.3 is 13.2 Å². The molecule has 0 radical (unpaired) electrons. The topological polar surface area (TPSA) is 55.8 Å². The van der Waals surface area contributed by atoms with Crippen molar-refractivity contribution in [2.45, 2.75) is 0 Å². The molecule has 0 heterocycles. The fourth-order valence-electron chi connectivity index (χ4n) is 0.190. The van der Waals surface area contributed by atoms with Gasteiger partial charge in [0.25, 0.3) is 0 Å². The van der Waals surface area contributed by atoms with Crippen molar-refractivity contribution in [1.82, 2.24) is 0 Å². The van der Waals surface area contributed by atoms with Gasteiger partial charge in [-0.05, 0) is 0 Å². The lowest BCUT2D eigenvalue weighted by molar-refractivity contribution is 0.269. The molecule has 48 valence electrons.